The van der Waals surface area contributed by atoms with Crippen molar-refractivity contribution in [2.45, 2.75) is 13.8 Å². The molecule has 2 rings (SSSR count). The molecule has 1 aromatic carbocycles. The van der Waals surface area contributed by atoms with Gasteiger partial charge >= 0.3 is 0 Å². The first-order valence-electron chi connectivity index (χ1n) is 5.87. The Balaban J connectivity index is 2.30. The third-order valence-corrected chi connectivity index (χ3v) is 4.30. The summed E-state index contributed by atoms with van der Waals surface area (Å²) in [7, 11) is 0. The highest BCUT2D eigenvalue weighted by Gasteiger charge is 2.21. The number of benzene rings is 1. The maximum Gasteiger partial charge on any atom is 0.258 e. The highest BCUT2D eigenvalue weighted by atomic mass is 35.5. The molecular weight excluding hydrogens is 296 g/mol. The predicted molar refractivity (Wildman–Crippen MR) is 82.9 cm³/mol. The molecule has 20 heavy (non-hydrogen) atoms. The quantitative estimate of drug-likeness (QED) is 0.848. The molecule has 0 fully saturated rings. The number of anilines is 2. The summed E-state index contributed by atoms with van der Waals surface area (Å²) in [6.07, 6.45) is 0. The third kappa shape index (κ3) is 2.84. The van der Waals surface area contributed by atoms with Gasteiger partial charge in [0.05, 0.1) is 15.4 Å². The molecule has 1 heterocycles. The van der Waals surface area contributed by atoms with Gasteiger partial charge in [0.15, 0.2) is 5.78 Å². The van der Waals surface area contributed by atoms with E-state index in [4.69, 9.17) is 17.3 Å². The number of hydrogen-bond donors (Lipinski definition) is 2. The van der Waals surface area contributed by atoms with Gasteiger partial charge in [0, 0.05) is 10.7 Å². The monoisotopic (exact) mass is 308 g/mol. The molecule has 3 N–H and O–H groups in total. The van der Waals surface area contributed by atoms with Gasteiger partial charge in [-0.05, 0) is 43.7 Å². The fourth-order valence-electron chi connectivity index (χ4n) is 1.88. The molecule has 0 spiro atoms. The molecule has 0 saturated carbocycles. The van der Waals surface area contributed by atoms with E-state index in [0.717, 1.165) is 11.3 Å². The number of carbonyl (C=O) groups excluding carboxylic acids is 2. The number of halogens is 1. The van der Waals surface area contributed by atoms with Crippen LogP contribution in [0.1, 0.15) is 32.5 Å². The first kappa shape index (κ1) is 14.6. The normalized spacial score (nSPS) is 10.3. The first-order chi connectivity index (χ1) is 9.40. The van der Waals surface area contributed by atoms with E-state index in [1.165, 1.54) is 6.92 Å². The van der Waals surface area contributed by atoms with Crippen molar-refractivity contribution >= 4 is 45.3 Å². The van der Waals surface area contributed by atoms with Crippen LogP contribution >= 0.6 is 22.9 Å². The number of ketones is 1. The summed E-state index contributed by atoms with van der Waals surface area (Å²) in [6, 6.07) is 6.76. The van der Waals surface area contributed by atoms with E-state index in [2.05, 4.69) is 5.32 Å². The average Bonchev–Trinajstić information content (AvgIpc) is 2.68. The van der Waals surface area contributed by atoms with Gasteiger partial charge in [-0.3, -0.25) is 9.59 Å². The van der Waals surface area contributed by atoms with E-state index in [9.17, 15) is 9.59 Å². The van der Waals surface area contributed by atoms with E-state index >= 15 is 0 Å². The maximum absolute atomic E-state index is 12.2. The van der Waals surface area contributed by atoms with Crippen LogP contribution < -0.4 is 11.1 Å². The topological polar surface area (TPSA) is 72.2 Å². The summed E-state index contributed by atoms with van der Waals surface area (Å²) in [5.41, 5.74) is 7.44. The smallest absolute Gasteiger partial charge is 0.258 e. The molecule has 2 aromatic rings. The summed E-state index contributed by atoms with van der Waals surface area (Å²) in [4.78, 5) is 24.2. The van der Waals surface area contributed by atoms with Crippen molar-refractivity contribution in [2.75, 3.05) is 11.1 Å². The molecule has 0 aliphatic rings. The van der Waals surface area contributed by atoms with Gasteiger partial charge in [0.1, 0.15) is 0 Å². The number of rotatable bonds is 3. The van der Waals surface area contributed by atoms with Crippen molar-refractivity contribution in [3.63, 3.8) is 0 Å². The van der Waals surface area contributed by atoms with E-state index in [1.54, 1.807) is 31.2 Å². The largest absolute Gasteiger partial charge is 0.390 e. The number of nitrogen functional groups attached to an aromatic ring is 1. The zero-order chi connectivity index (χ0) is 14.9. The SMILES string of the molecule is CC(=O)c1sc(N)c(C(=O)Nc2ccc(Cl)cc2)c1C. The van der Waals surface area contributed by atoms with Crippen LogP contribution in [-0.2, 0) is 0 Å². The fraction of sp³-hybridized carbons (Fsp3) is 0.143. The Morgan fingerprint density at radius 3 is 2.35 bits per heavy atom. The molecular formula is C14H13ClN2O2S. The zero-order valence-electron chi connectivity index (χ0n) is 11.0. The molecule has 4 nitrogen and oxygen atoms in total. The Labute approximate surface area is 125 Å². The number of carbonyl (C=O) groups is 2. The molecule has 1 aromatic heterocycles. The molecule has 104 valence electrons. The van der Waals surface area contributed by atoms with Gasteiger partial charge in [-0.25, -0.2) is 0 Å². The minimum atomic E-state index is -0.328. The number of amides is 1. The lowest BCUT2D eigenvalue weighted by atomic mass is 10.1. The number of Topliss-reactive ketones (excluding diaryl/α,β-unsaturated/α-hetero) is 1. The molecule has 0 saturated heterocycles. The average molecular weight is 309 g/mol. The van der Waals surface area contributed by atoms with Crippen molar-refractivity contribution in [3.05, 3.63) is 45.3 Å². The Kier molecular flexibility index (Phi) is 4.11. The van der Waals surface area contributed by atoms with Gasteiger partial charge in [-0.1, -0.05) is 11.6 Å². The molecule has 0 aliphatic heterocycles. The highest BCUT2D eigenvalue weighted by molar-refractivity contribution is 7.18. The number of hydrogen-bond acceptors (Lipinski definition) is 4. The van der Waals surface area contributed by atoms with Crippen molar-refractivity contribution in [1.29, 1.82) is 0 Å². The lowest BCUT2D eigenvalue weighted by Gasteiger charge is -2.06. The minimum Gasteiger partial charge on any atom is -0.390 e. The Morgan fingerprint density at radius 1 is 1.25 bits per heavy atom. The lowest BCUT2D eigenvalue weighted by molar-refractivity contribution is 0.102. The number of nitrogens with one attached hydrogen (secondary N) is 1. The minimum absolute atomic E-state index is 0.0928. The van der Waals surface area contributed by atoms with Crippen LogP contribution in [0.5, 0.6) is 0 Å². The van der Waals surface area contributed by atoms with E-state index in [-0.39, 0.29) is 11.7 Å². The summed E-state index contributed by atoms with van der Waals surface area (Å²) >= 11 is 6.92. The fourth-order valence-corrected chi connectivity index (χ4v) is 2.97. The zero-order valence-corrected chi connectivity index (χ0v) is 12.6. The summed E-state index contributed by atoms with van der Waals surface area (Å²) in [6.45, 7) is 3.18. The van der Waals surface area contributed by atoms with Crippen LogP contribution in [0.25, 0.3) is 0 Å². The van der Waals surface area contributed by atoms with Gasteiger partial charge in [-0.2, -0.15) is 0 Å². The van der Waals surface area contributed by atoms with Crippen LogP contribution in [-0.4, -0.2) is 11.7 Å². The van der Waals surface area contributed by atoms with Crippen LogP contribution in [0.4, 0.5) is 10.7 Å². The first-order valence-corrected chi connectivity index (χ1v) is 7.06. The second-order valence-corrected chi connectivity index (χ2v) is 5.80. The van der Waals surface area contributed by atoms with Crippen molar-refractivity contribution in [3.8, 4) is 0 Å². The van der Waals surface area contributed by atoms with Crippen molar-refractivity contribution in [2.24, 2.45) is 0 Å². The van der Waals surface area contributed by atoms with Gasteiger partial charge in [0.25, 0.3) is 5.91 Å². The molecule has 0 radical (unpaired) electrons. The Bertz CT molecular complexity index is 677. The second-order valence-electron chi connectivity index (χ2n) is 4.31. The van der Waals surface area contributed by atoms with E-state index in [0.29, 0.717) is 31.7 Å². The van der Waals surface area contributed by atoms with Crippen LogP contribution in [0.3, 0.4) is 0 Å². The maximum atomic E-state index is 12.2. The predicted octanol–water partition coefficient (Wildman–Crippen LogP) is 3.75. The Morgan fingerprint density at radius 2 is 1.85 bits per heavy atom. The lowest BCUT2D eigenvalue weighted by Crippen LogP contribution is -2.14. The molecule has 1 amide bonds. The Hall–Kier alpha value is -1.85. The molecule has 6 heteroatoms. The van der Waals surface area contributed by atoms with Gasteiger partial charge in [-0.15, -0.1) is 11.3 Å². The molecule has 0 unspecified atom stereocenters. The van der Waals surface area contributed by atoms with E-state index in [1.807, 2.05) is 0 Å². The second kappa shape index (κ2) is 5.64. The summed E-state index contributed by atoms with van der Waals surface area (Å²) < 4.78 is 0. The summed E-state index contributed by atoms with van der Waals surface area (Å²) in [5, 5.41) is 3.67. The third-order valence-electron chi connectivity index (χ3n) is 2.82. The van der Waals surface area contributed by atoms with Crippen molar-refractivity contribution in [1.82, 2.24) is 0 Å². The van der Waals surface area contributed by atoms with Crippen LogP contribution in [0.15, 0.2) is 24.3 Å². The number of nitrogens with two attached hydrogens (primary N) is 1. The highest BCUT2D eigenvalue weighted by Crippen LogP contribution is 2.31. The molecule has 0 atom stereocenters. The molecule has 0 aliphatic carbocycles. The van der Waals surface area contributed by atoms with Crippen LogP contribution in [0.2, 0.25) is 5.02 Å². The van der Waals surface area contributed by atoms with Gasteiger partial charge < -0.3 is 11.1 Å². The van der Waals surface area contributed by atoms with E-state index < -0.39 is 0 Å². The van der Waals surface area contributed by atoms with Crippen molar-refractivity contribution < 1.29 is 9.59 Å². The van der Waals surface area contributed by atoms with Crippen LogP contribution in [0, 0.1) is 6.92 Å². The summed E-state index contributed by atoms with van der Waals surface area (Å²) in [5.74, 6) is -0.421. The number of thiophene rings is 1. The molecule has 0 bridgehead atoms. The van der Waals surface area contributed by atoms with Gasteiger partial charge in [0.2, 0.25) is 0 Å². The standard InChI is InChI=1S/C14H13ClN2O2S/c1-7-11(13(16)20-12(7)8(2)18)14(19)17-10-5-3-9(15)4-6-10/h3-6H,16H2,1-2H3,(H,17,19).